The molecule has 2 fully saturated rings. The van der Waals surface area contributed by atoms with E-state index in [9.17, 15) is 0 Å². The zero-order valence-corrected chi connectivity index (χ0v) is 14.1. The highest BCUT2D eigenvalue weighted by Crippen LogP contribution is 2.60. The summed E-state index contributed by atoms with van der Waals surface area (Å²) in [6.45, 7) is 17.3. The molecule has 2 saturated carbocycles. The topological polar surface area (TPSA) is 3.01 Å². The zero-order chi connectivity index (χ0) is 14.7. The van der Waals surface area contributed by atoms with Gasteiger partial charge < -0.3 is 0 Å². The molecule has 0 aromatic carbocycles. The highest BCUT2D eigenvalue weighted by Gasteiger charge is 2.60. The molecule has 0 radical (unpaired) electrons. The van der Waals surface area contributed by atoms with Gasteiger partial charge in [0, 0.05) is 26.2 Å². The smallest absolute Gasteiger partial charge is 0.216 e. The molecule has 3 aliphatic rings. The molecule has 0 aromatic rings. The molecule has 1 heterocycles. The lowest BCUT2D eigenvalue weighted by atomic mass is 9.69. The summed E-state index contributed by atoms with van der Waals surface area (Å²) in [7, 11) is 0. The van der Waals surface area contributed by atoms with Gasteiger partial charge >= 0.3 is 0 Å². The van der Waals surface area contributed by atoms with Crippen LogP contribution in [0.4, 0.5) is 0 Å². The Morgan fingerprint density at radius 3 is 2.60 bits per heavy atom. The van der Waals surface area contributed by atoms with Crippen molar-refractivity contribution in [2.24, 2.45) is 29.1 Å². The van der Waals surface area contributed by atoms with Crippen LogP contribution in [0.1, 0.15) is 60.3 Å². The number of hydrogen-bond acceptors (Lipinski definition) is 0. The Morgan fingerprint density at radius 2 is 2.00 bits per heavy atom. The lowest BCUT2D eigenvalue weighted by molar-refractivity contribution is -0.510. The summed E-state index contributed by atoms with van der Waals surface area (Å²) in [6, 6.07) is 0. The van der Waals surface area contributed by atoms with Crippen LogP contribution in [-0.4, -0.2) is 22.4 Å². The van der Waals surface area contributed by atoms with Crippen molar-refractivity contribution >= 4 is 5.71 Å². The van der Waals surface area contributed by atoms with Crippen LogP contribution in [0, 0.1) is 29.1 Å². The standard InChI is InChI=1S/C19H32N/c1-7-10-19(6)13(2)20(19)12-14-8-9-17(18(3,4)5)16-11-15(14)16/h7,14-17H,1,8-12H2,2-6H3/q+1. The van der Waals surface area contributed by atoms with Gasteiger partial charge in [-0.2, -0.15) is 0 Å². The van der Waals surface area contributed by atoms with Crippen molar-refractivity contribution in [3.05, 3.63) is 12.7 Å². The van der Waals surface area contributed by atoms with Crippen molar-refractivity contribution in [1.82, 2.24) is 0 Å². The van der Waals surface area contributed by atoms with E-state index in [4.69, 9.17) is 0 Å². The Labute approximate surface area is 125 Å². The van der Waals surface area contributed by atoms with E-state index in [1.165, 1.54) is 25.8 Å². The van der Waals surface area contributed by atoms with Crippen molar-refractivity contribution in [3.8, 4) is 0 Å². The van der Waals surface area contributed by atoms with Crippen molar-refractivity contribution in [2.45, 2.75) is 65.8 Å². The number of rotatable bonds is 4. The summed E-state index contributed by atoms with van der Waals surface area (Å²) in [4.78, 5) is 0. The van der Waals surface area contributed by atoms with Crippen LogP contribution in [0.5, 0.6) is 0 Å². The van der Waals surface area contributed by atoms with Gasteiger partial charge in [-0.1, -0.05) is 26.8 Å². The number of nitrogens with zero attached hydrogens (tertiary/aromatic N) is 1. The first-order valence-corrected chi connectivity index (χ1v) is 8.51. The highest BCUT2D eigenvalue weighted by molar-refractivity contribution is 5.93. The zero-order valence-electron chi connectivity index (χ0n) is 14.1. The summed E-state index contributed by atoms with van der Waals surface area (Å²) in [5, 5.41) is 0. The van der Waals surface area contributed by atoms with E-state index >= 15 is 0 Å². The van der Waals surface area contributed by atoms with Gasteiger partial charge in [0.05, 0.1) is 0 Å². The van der Waals surface area contributed by atoms with Crippen molar-refractivity contribution in [2.75, 3.05) is 6.54 Å². The Hall–Kier alpha value is -0.590. The minimum atomic E-state index is 0.340. The number of hydrogen-bond donors (Lipinski definition) is 0. The van der Waals surface area contributed by atoms with Crippen LogP contribution >= 0.6 is 0 Å². The predicted octanol–water partition coefficient (Wildman–Crippen LogP) is 4.52. The van der Waals surface area contributed by atoms with Gasteiger partial charge in [-0.25, -0.2) is 4.58 Å². The molecule has 112 valence electrons. The molecular formula is C19H32N+. The summed E-state index contributed by atoms with van der Waals surface area (Å²) < 4.78 is 2.66. The SMILES string of the molecule is C=CCC1(C)C(C)=[N+]1CC1CCC(C(C)(C)C)C2CC12. The van der Waals surface area contributed by atoms with Crippen molar-refractivity contribution in [3.63, 3.8) is 0 Å². The molecule has 0 N–H and O–H groups in total. The quantitative estimate of drug-likeness (QED) is 0.524. The molecule has 0 aromatic heterocycles. The Balaban J connectivity index is 1.60. The Bertz CT molecular complexity index is 453. The summed E-state index contributed by atoms with van der Waals surface area (Å²) >= 11 is 0. The van der Waals surface area contributed by atoms with E-state index in [-0.39, 0.29) is 0 Å². The van der Waals surface area contributed by atoms with E-state index in [1.54, 1.807) is 5.71 Å². The molecular weight excluding hydrogens is 242 g/mol. The highest BCUT2D eigenvalue weighted by atomic mass is 15.2. The molecule has 0 saturated heterocycles. The Kier molecular flexibility index (Phi) is 3.19. The maximum absolute atomic E-state index is 3.92. The third kappa shape index (κ3) is 2.18. The second-order valence-corrected chi connectivity index (χ2v) is 8.84. The van der Waals surface area contributed by atoms with E-state index < -0.39 is 0 Å². The van der Waals surface area contributed by atoms with Gasteiger partial charge in [-0.15, -0.1) is 6.58 Å². The monoisotopic (exact) mass is 274 g/mol. The third-order valence-corrected chi connectivity index (χ3v) is 6.66. The lowest BCUT2D eigenvalue weighted by Gasteiger charge is -2.36. The summed E-state index contributed by atoms with van der Waals surface area (Å²) in [6.07, 6.45) is 7.62. The van der Waals surface area contributed by atoms with Crippen molar-refractivity contribution < 1.29 is 4.58 Å². The van der Waals surface area contributed by atoms with Crippen LogP contribution in [0.2, 0.25) is 0 Å². The molecule has 20 heavy (non-hydrogen) atoms. The first-order chi connectivity index (χ1) is 9.29. The molecule has 5 atom stereocenters. The van der Waals surface area contributed by atoms with E-state index in [2.05, 4.69) is 51.8 Å². The average Bonchev–Trinajstić information content (AvgIpc) is 3.21. The molecule has 5 unspecified atom stereocenters. The maximum Gasteiger partial charge on any atom is 0.241 e. The fraction of sp³-hybridized carbons (Fsp3) is 0.842. The van der Waals surface area contributed by atoms with Gasteiger partial charge in [0.25, 0.3) is 0 Å². The van der Waals surface area contributed by atoms with Crippen LogP contribution in [0.25, 0.3) is 0 Å². The Morgan fingerprint density at radius 1 is 1.30 bits per heavy atom. The molecule has 1 nitrogen and oxygen atoms in total. The fourth-order valence-corrected chi connectivity index (χ4v) is 5.07. The molecule has 0 amide bonds. The molecule has 2 aliphatic carbocycles. The molecule has 1 heteroatoms. The van der Waals surface area contributed by atoms with E-state index in [0.717, 1.165) is 30.1 Å². The van der Waals surface area contributed by atoms with Crippen LogP contribution in [0.3, 0.4) is 0 Å². The second-order valence-electron chi connectivity index (χ2n) is 8.84. The van der Waals surface area contributed by atoms with Gasteiger partial charge in [-0.3, -0.25) is 0 Å². The molecule has 0 spiro atoms. The maximum atomic E-state index is 3.92. The van der Waals surface area contributed by atoms with Gasteiger partial charge in [0.1, 0.15) is 6.54 Å². The molecule has 1 aliphatic heterocycles. The molecule has 0 bridgehead atoms. The fourth-order valence-electron chi connectivity index (χ4n) is 5.07. The van der Waals surface area contributed by atoms with Gasteiger partial charge in [0.15, 0.2) is 0 Å². The minimum absolute atomic E-state index is 0.340. The second kappa shape index (κ2) is 4.45. The van der Waals surface area contributed by atoms with Gasteiger partial charge in [0.2, 0.25) is 11.3 Å². The molecule has 3 rings (SSSR count). The first kappa shape index (κ1) is 14.4. The van der Waals surface area contributed by atoms with Crippen molar-refractivity contribution in [1.29, 1.82) is 0 Å². The third-order valence-electron chi connectivity index (χ3n) is 6.66. The van der Waals surface area contributed by atoms with E-state index in [0.29, 0.717) is 11.0 Å². The predicted molar refractivity (Wildman–Crippen MR) is 86.3 cm³/mol. The lowest BCUT2D eigenvalue weighted by Crippen LogP contribution is -2.31. The summed E-state index contributed by atoms with van der Waals surface area (Å²) in [5.74, 6) is 4.01. The number of fused-ring (bicyclic) bond motifs is 1. The summed E-state index contributed by atoms with van der Waals surface area (Å²) in [5.41, 5.74) is 2.45. The minimum Gasteiger partial charge on any atom is -0.216 e. The largest absolute Gasteiger partial charge is 0.241 e. The van der Waals surface area contributed by atoms with Crippen LogP contribution in [-0.2, 0) is 0 Å². The van der Waals surface area contributed by atoms with Crippen LogP contribution < -0.4 is 0 Å². The normalized spacial score (nSPS) is 43.2. The van der Waals surface area contributed by atoms with Crippen LogP contribution in [0.15, 0.2) is 12.7 Å². The first-order valence-electron chi connectivity index (χ1n) is 8.51. The van der Waals surface area contributed by atoms with Gasteiger partial charge in [-0.05, 0) is 42.4 Å². The average molecular weight is 274 g/mol. The van der Waals surface area contributed by atoms with E-state index in [1.807, 2.05) is 0 Å².